The zero-order valence-electron chi connectivity index (χ0n) is 8.46. The topological polar surface area (TPSA) is 0 Å². The quantitative estimate of drug-likeness (QED) is 0.605. The molecule has 78 valence electrons. The number of thiol groups is 1. The molecule has 0 bridgehead atoms. The molecule has 0 nitrogen and oxygen atoms in total. The van der Waals surface area contributed by atoms with Crippen LogP contribution in [0, 0.1) is 11.2 Å². The van der Waals surface area contributed by atoms with E-state index in [0.29, 0.717) is 0 Å². The summed E-state index contributed by atoms with van der Waals surface area (Å²) in [5, 5.41) is 0. The highest BCUT2D eigenvalue weighted by Gasteiger charge is 2.16. The highest BCUT2D eigenvalue weighted by atomic mass is 32.2. The average molecular weight is 230 g/mol. The summed E-state index contributed by atoms with van der Waals surface area (Å²) < 4.78 is 13.2. The van der Waals surface area contributed by atoms with Gasteiger partial charge in [-0.25, -0.2) is 4.39 Å². The minimum absolute atomic E-state index is 0.132. The first kappa shape index (κ1) is 11.9. The molecule has 14 heavy (non-hydrogen) atoms. The van der Waals surface area contributed by atoms with Crippen molar-refractivity contribution in [3.63, 3.8) is 0 Å². The Hall–Kier alpha value is -0.150. The predicted molar refractivity (Wildman–Crippen MR) is 64.8 cm³/mol. The Morgan fingerprint density at radius 2 is 2.00 bits per heavy atom. The highest BCUT2D eigenvalue weighted by molar-refractivity contribution is 7.99. The number of rotatable bonds is 4. The molecule has 0 aliphatic rings. The Balaban J connectivity index is 2.58. The lowest BCUT2D eigenvalue weighted by Crippen LogP contribution is -2.16. The summed E-state index contributed by atoms with van der Waals surface area (Å²) in [6.07, 6.45) is 0. The van der Waals surface area contributed by atoms with Crippen LogP contribution in [-0.2, 0) is 0 Å². The van der Waals surface area contributed by atoms with Gasteiger partial charge in [-0.15, -0.1) is 11.8 Å². The van der Waals surface area contributed by atoms with Crippen LogP contribution in [0.5, 0.6) is 0 Å². The van der Waals surface area contributed by atoms with E-state index in [2.05, 4.69) is 26.5 Å². The van der Waals surface area contributed by atoms with Crippen LogP contribution < -0.4 is 0 Å². The van der Waals surface area contributed by atoms with Crippen molar-refractivity contribution in [2.45, 2.75) is 18.7 Å². The second kappa shape index (κ2) is 5.08. The van der Waals surface area contributed by atoms with Gasteiger partial charge >= 0.3 is 0 Å². The van der Waals surface area contributed by atoms with E-state index in [1.165, 1.54) is 6.07 Å². The van der Waals surface area contributed by atoms with Crippen LogP contribution in [0.4, 0.5) is 4.39 Å². The second-order valence-electron chi connectivity index (χ2n) is 4.04. The van der Waals surface area contributed by atoms with Crippen molar-refractivity contribution < 1.29 is 4.39 Å². The van der Waals surface area contributed by atoms with Crippen molar-refractivity contribution in [2.75, 3.05) is 11.5 Å². The number of hydrogen-bond donors (Lipinski definition) is 1. The van der Waals surface area contributed by atoms with Gasteiger partial charge in [0.05, 0.1) is 0 Å². The minimum atomic E-state index is -0.132. The minimum Gasteiger partial charge on any atom is -0.206 e. The van der Waals surface area contributed by atoms with Gasteiger partial charge in [-0.2, -0.15) is 12.6 Å². The van der Waals surface area contributed by atoms with Crippen LogP contribution in [-0.4, -0.2) is 11.5 Å². The van der Waals surface area contributed by atoms with Gasteiger partial charge in [0.15, 0.2) is 0 Å². The maximum absolute atomic E-state index is 13.2. The molecule has 0 radical (unpaired) electrons. The maximum atomic E-state index is 13.2. The molecule has 0 amide bonds. The fourth-order valence-corrected chi connectivity index (χ4v) is 2.17. The summed E-state index contributed by atoms with van der Waals surface area (Å²) in [6.45, 7) is 4.27. The van der Waals surface area contributed by atoms with Crippen LogP contribution in [0.2, 0.25) is 0 Å². The van der Waals surface area contributed by atoms with Gasteiger partial charge in [0.2, 0.25) is 0 Å². The van der Waals surface area contributed by atoms with Crippen LogP contribution >= 0.6 is 24.4 Å². The van der Waals surface area contributed by atoms with E-state index in [9.17, 15) is 4.39 Å². The summed E-state index contributed by atoms with van der Waals surface area (Å²) in [5.74, 6) is 1.57. The lowest BCUT2D eigenvalue weighted by atomic mass is 10.0. The first-order valence-electron chi connectivity index (χ1n) is 4.53. The summed E-state index contributed by atoms with van der Waals surface area (Å²) in [7, 11) is 0. The molecule has 0 saturated heterocycles. The zero-order chi connectivity index (χ0) is 10.6. The maximum Gasteiger partial charge on any atom is 0.136 e. The molecule has 0 aliphatic carbocycles. The molecule has 0 atom stereocenters. The number of hydrogen-bond acceptors (Lipinski definition) is 2. The van der Waals surface area contributed by atoms with E-state index >= 15 is 0 Å². The summed E-state index contributed by atoms with van der Waals surface area (Å²) in [5.41, 5.74) is 0.149. The van der Waals surface area contributed by atoms with Gasteiger partial charge in [0.1, 0.15) is 5.82 Å². The Labute approximate surface area is 94.7 Å². The third-order valence-electron chi connectivity index (χ3n) is 1.88. The fourth-order valence-electron chi connectivity index (χ4n) is 0.881. The molecule has 1 aromatic carbocycles. The molecule has 0 aromatic heterocycles. The third kappa shape index (κ3) is 3.54. The van der Waals surface area contributed by atoms with Crippen LogP contribution in [0.15, 0.2) is 29.2 Å². The first-order chi connectivity index (χ1) is 6.55. The molecule has 1 aromatic rings. The number of thioether (sulfide) groups is 1. The second-order valence-corrected chi connectivity index (χ2v) is 5.37. The molecule has 3 heteroatoms. The Bertz CT molecular complexity index is 297. The highest BCUT2D eigenvalue weighted by Crippen LogP contribution is 2.29. The van der Waals surface area contributed by atoms with Gasteiger partial charge in [0, 0.05) is 10.6 Å². The van der Waals surface area contributed by atoms with Crippen LogP contribution in [0.25, 0.3) is 0 Å². The van der Waals surface area contributed by atoms with Gasteiger partial charge < -0.3 is 0 Å². The van der Waals surface area contributed by atoms with E-state index in [1.807, 2.05) is 12.1 Å². The standard InChI is InChI=1S/C11H15FS2/c1-11(2,7-13)8-14-10-6-4-3-5-9(10)12/h3-6,13H,7-8H2,1-2H3. The normalized spacial score (nSPS) is 11.7. The van der Waals surface area contributed by atoms with Gasteiger partial charge in [-0.3, -0.25) is 0 Å². The van der Waals surface area contributed by atoms with Crippen LogP contribution in [0.1, 0.15) is 13.8 Å². The van der Waals surface area contributed by atoms with E-state index in [4.69, 9.17) is 0 Å². The van der Waals surface area contributed by atoms with Gasteiger partial charge in [-0.05, 0) is 23.3 Å². The van der Waals surface area contributed by atoms with Crippen molar-refractivity contribution in [3.8, 4) is 0 Å². The summed E-state index contributed by atoms with van der Waals surface area (Å²) >= 11 is 5.82. The lowest BCUT2D eigenvalue weighted by Gasteiger charge is -2.21. The molecular weight excluding hydrogens is 215 g/mol. The smallest absolute Gasteiger partial charge is 0.136 e. The molecule has 0 aliphatic heterocycles. The molecule has 0 N–H and O–H groups in total. The van der Waals surface area contributed by atoms with E-state index < -0.39 is 0 Å². The Morgan fingerprint density at radius 1 is 1.36 bits per heavy atom. The Morgan fingerprint density at radius 3 is 2.57 bits per heavy atom. The fraction of sp³-hybridized carbons (Fsp3) is 0.455. The van der Waals surface area contributed by atoms with Crippen molar-refractivity contribution >= 4 is 24.4 Å². The molecule has 1 rings (SSSR count). The lowest BCUT2D eigenvalue weighted by molar-refractivity contribution is 0.493. The van der Waals surface area contributed by atoms with E-state index in [1.54, 1.807) is 17.8 Å². The summed E-state index contributed by atoms with van der Waals surface area (Å²) in [4.78, 5) is 0.724. The van der Waals surface area contributed by atoms with Crippen molar-refractivity contribution in [2.24, 2.45) is 5.41 Å². The molecule has 0 saturated carbocycles. The van der Waals surface area contributed by atoms with E-state index in [0.717, 1.165) is 16.4 Å². The average Bonchev–Trinajstić information content (AvgIpc) is 2.17. The van der Waals surface area contributed by atoms with Crippen LogP contribution in [0.3, 0.4) is 0 Å². The van der Waals surface area contributed by atoms with Gasteiger partial charge in [-0.1, -0.05) is 26.0 Å². The first-order valence-corrected chi connectivity index (χ1v) is 6.15. The SMILES string of the molecule is CC(C)(CS)CSc1ccccc1F. The number of benzene rings is 1. The van der Waals surface area contributed by atoms with E-state index in [-0.39, 0.29) is 11.2 Å². The Kier molecular flexibility index (Phi) is 4.32. The third-order valence-corrected chi connectivity index (χ3v) is 4.31. The summed E-state index contributed by atoms with van der Waals surface area (Å²) in [6, 6.07) is 6.88. The van der Waals surface area contributed by atoms with Crippen molar-refractivity contribution in [1.82, 2.24) is 0 Å². The zero-order valence-corrected chi connectivity index (χ0v) is 10.2. The van der Waals surface area contributed by atoms with Crippen molar-refractivity contribution in [1.29, 1.82) is 0 Å². The monoisotopic (exact) mass is 230 g/mol. The molecule has 0 spiro atoms. The van der Waals surface area contributed by atoms with Crippen molar-refractivity contribution in [3.05, 3.63) is 30.1 Å². The predicted octanol–water partition coefficient (Wildman–Crippen LogP) is 3.87. The van der Waals surface area contributed by atoms with Gasteiger partial charge in [0.25, 0.3) is 0 Å². The largest absolute Gasteiger partial charge is 0.206 e. The molecule has 0 heterocycles. The molecule has 0 fully saturated rings. The number of halogens is 1. The molecular formula is C11H15FS2. The molecule has 0 unspecified atom stereocenters.